The van der Waals surface area contributed by atoms with Crippen molar-refractivity contribution in [1.29, 1.82) is 0 Å². The largest absolute Gasteiger partial charge is 0.477 e. The predicted molar refractivity (Wildman–Crippen MR) is 195 cm³/mol. The van der Waals surface area contributed by atoms with E-state index in [2.05, 4.69) is 5.32 Å². The number of aromatic nitrogens is 1. The van der Waals surface area contributed by atoms with Crippen molar-refractivity contribution in [2.24, 2.45) is 11.8 Å². The fraction of sp³-hybridized carbons (Fsp3) is 0.400. The van der Waals surface area contributed by atoms with Crippen LogP contribution in [0.4, 0.5) is 21.0 Å². The number of fused-ring (bicyclic) bond motifs is 1. The lowest BCUT2D eigenvalue weighted by molar-refractivity contribution is -0.385. The number of non-ortho nitro benzene ring substituents is 2. The van der Waals surface area contributed by atoms with Crippen molar-refractivity contribution in [2.45, 2.75) is 63.3 Å². The average Bonchev–Trinajstić information content (AvgIpc) is 3.85. The molecule has 0 unspecified atom stereocenters. The summed E-state index contributed by atoms with van der Waals surface area (Å²) in [5, 5.41) is 47.1. The van der Waals surface area contributed by atoms with E-state index < -0.39 is 58.0 Å². The van der Waals surface area contributed by atoms with Gasteiger partial charge in [0.05, 0.1) is 44.7 Å². The first kappa shape index (κ1) is 39.1. The molecular formula is C35H36N6O12S2. The van der Waals surface area contributed by atoms with Gasteiger partial charge in [0.2, 0.25) is 5.91 Å². The number of nitro benzene ring substituents is 2. The van der Waals surface area contributed by atoms with Gasteiger partial charge >= 0.3 is 18.2 Å². The van der Waals surface area contributed by atoms with Gasteiger partial charge in [0.1, 0.15) is 18.9 Å². The van der Waals surface area contributed by atoms with E-state index in [0.29, 0.717) is 39.6 Å². The third-order valence-electron chi connectivity index (χ3n) is 9.65. The molecule has 0 saturated carbocycles. The number of aliphatic carboxylic acids is 1. The number of nitrogens with zero attached hydrogens (tertiary/aromatic N) is 5. The van der Waals surface area contributed by atoms with Crippen molar-refractivity contribution in [3.63, 3.8) is 0 Å². The van der Waals surface area contributed by atoms with Gasteiger partial charge in [-0.3, -0.25) is 29.9 Å². The summed E-state index contributed by atoms with van der Waals surface area (Å²) in [7, 11) is 0. The minimum Gasteiger partial charge on any atom is -0.477 e. The van der Waals surface area contributed by atoms with Crippen LogP contribution in [0, 0.1) is 32.1 Å². The van der Waals surface area contributed by atoms with Crippen molar-refractivity contribution >= 4 is 58.5 Å². The molecule has 2 aromatic carbocycles. The molecular weight excluding hydrogens is 761 g/mol. The zero-order valence-electron chi connectivity index (χ0n) is 29.4. The molecule has 0 radical (unpaired) electrons. The van der Waals surface area contributed by atoms with Gasteiger partial charge in [0.25, 0.3) is 11.4 Å². The molecule has 2 saturated heterocycles. The second-order valence-electron chi connectivity index (χ2n) is 13.2. The van der Waals surface area contributed by atoms with E-state index in [1.54, 1.807) is 5.38 Å². The molecule has 3 aromatic rings. The Labute approximate surface area is 321 Å². The van der Waals surface area contributed by atoms with Gasteiger partial charge in [-0.15, -0.1) is 23.1 Å². The number of thiazole rings is 1. The normalized spacial score (nSPS) is 22.2. The molecule has 3 N–H and O–H groups in total. The van der Waals surface area contributed by atoms with E-state index in [1.165, 1.54) is 88.4 Å². The quantitative estimate of drug-likeness (QED) is 0.113. The summed E-state index contributed by atoms with van der Waals surface area (Å²) in [5.41, 5.74) is 1.38. The second kappa shape index (κ2) is 16.4. The number of carboxylic acids is 1. The van der Waals surface area contributed by atoms with Gasteiger partial charge < -0.3 is 29.9 Å². The predicted octanol–water partition coefficient (Wildman–Crippen LogP) is 4.77. The van der Waals surface area contributed by atoms with Crippen molar-refractivity contribution < 1.29 is 48.7 Å². The van der Waals surface area contributed by atoms with E-state index >= 15 is 0 Å². The van der Waals surface area contributed by atoms with Gasteiger partial charge in [-0.05, 0) is 48.7 Å². The van der Waals surface area contributed by atoms with Gasteiger partial charge in [-0.25, -0.2) is 19.4 Å². The Bertz CT molecular complexity index is 2020. The number of likely N-dealkylation sites (tertiary alicyclic amines) is 1. The molecule has 4 heterocycles. The van der Waals surface area contributed by atoms with Crippen LogP contribution in [0.1, 0.15) is 48.1 Å². The summed E-state index contributed by atoms with van der Waals surface area (Å²) >= 11 is 2.61. The van der Waals surface area contributed by atoms with Crippen molar-refractivity contribution in [3.05, 3.63) is 107 Å². The fourth-order valence-electron chi connectivity index (χ4n) is 6.94. The van der Waals surface area contributed by atoms with Gasteiger partial charge in [-0.1, -0.05) is 6.92 Å². The highest BCUT2D eigenvalue weighted by atomic mass is 32.2. The first-order chi connectivity index (χ1) is 26.2. The molecule has 6 rings (SSSR count). The molecule has 3 aliphatic rings. The number of carboxylic acid groups (broad SMARTS) is 1. The van der Waals surface area contributed by atoms with Crippen molar-refractivity contribution in [2.75, 3.05) is 13.1 Å². The topological polar surface area (TPSA) is 245 Å². The van der Waals surface area contributed by atoms with Crippen LogP contribution in [0.2, 0.25) is 0 Å². The van der Waals surface area contributed by atoms with Gasteiger partial charge in [0, 0.05) is 65.2 Å². The molecule has 18 nitrogen and oxygen atoms in total. The molecule has 0 aliphatic carbocycles. The van der Waals surface area contributed by atoms with Crippen molar-refractivity contribution in [3.8, 4) is 0 Å². The van der Waals surface area contributed by atoms with Crippen LogP contribution in [0.15, 0.2) is 64.5 Å². The van der Waals surface area contributed by atoms with Gasteiger partial charge in [0.15, 0.2) is 0 Å². The van der Waals surface area contributed by atoms with E-state index in [9.17, 15) is 49.6 Å². The highest BCUT2D eigenvalue weighted by Crippen LogP contribution is 2.53. The molecule has 6 atom stereocenters. The molecule has 0 spiro atoms. The van der Waals surface area contributed by atoms with E-state index in [1.807, 2.05) is 6.92 Å². The number of β-lactam (4-membered cyclic amide) rings is 1. The number of ether oxygens (including phenoxy) is 2. The van der Waals surface area contributed by atoms with Crippen LogP contribution >= 0.6 is 23.1 Å². The Kier molecular flexibility index (Phi) is 11.7. The molecule has 2 fully saturated rings. The Balaban J connectivity index is 1.12. The maximum atomic E-state index is 13.6. The molecule has 20 heteroatoms. The number of aliphatic hydroxyl groups excluding tert-OH is 1. The number of carbonyl (C=O) groups excluding carboxylic acids is 3. The number of amides is 3. The number of nitro groups is 2. The number of nitrogens with one attached hydrogen (secondary N) is 1. The Morgan fingerprint density at radius 3 is 2.20 bits per heavy atom. The SMILES string of the molecule is C[C@@H](O)[C@H]1C(=O)N2C(C(=O)O)=C(S[C@H]3C[C@@H](c4csc(CCNC(=O)OCc5ccc([N+](=O)[O-])cc5)n4)N(C(=O)OCc4ccc([N+](=O)[O-])cc4)C3)[C@H](C)[C@H]12. The summed E-state index contributed by atoms with van der Waals surface area (Å²) in [4.78, 5) is 80.0. The van der Waals surface area contributed by atoms with Crippen LogP contribution in [0.25, 0.3) is 0 Å². The minimum absolute atomic E-state index is 0.0764. The number of benzene rings is 2. The monoisotopic (exact) mass is 796 g/mol. The lowest BCUT2D eigenvalue weighted by atomic mass is 9.79. The molecule has 0 bridgehead atoms. The number of carbonyl (C=O) groups is 4. The summed E-state index contributed by atoms with van der Waals surface area (Å²) in [6, 6.07) is 10.2. The lowest BCUT2D eigenvalue weighted by Crippen LogP contribution is -2.63. The Morgan fingerprint density at radius 2 is 1.64 bits per heavy atom. The highest BCUT2D eigenvalue weighted by Gasteiger charge is 2.60. The number of alkyl carbamates (subject to hydrolysis) is 1. The number of hydrogen-bond acceptors (Lipinski definition) is 14. The summed E-state index contributed by atoms with van der Waals surface area (Å²) < 4.78 is 10.8. The van der Waals surface area contributed by atoms with Crippen LogP contribution in [-0.4, -0.2) is 89.4 Å². The Hall–Kier alpha value is -5.60. The summed E-state index contributed by atoms with van der Waals surface area (Å²) in [6.07, 6.45) is -1.59. The van der Waals surface area contributed by atoms with Crippen LogP contribution < -0.4 is 5.32 Å². The second-order valence-corrected chi connectivity index (χ2v) is 15.5. The molecule has 290 valence electrons. The van der Waals surface area contributed by atoms with E-state index in [4.69, 9.17) is 14.5 Å². The lowest BCUT2D eigenvalue weighted by Gasteiger charge is -2.46. The maximum Gasteiger partial charge on any atom is 0.410 e. The average molecular weight is 797 g/mol. The first-order valence-electron chi connectivity index (χ1n) is 17.1. The molecule has 3 amide bonds. The number of aliphatic hydroxyl groups is 1. The minimum atomic E-state index is -1.25. The zero-order chi connectivity index (χ0) is 39.6. The highest BCUT2D eigenvalue weighted by molar-refractivity contribution is 8.03. The van der Waals surface area contributed by atoms with Crippen LogP contribution in [0.5, 0.6) is 0 Å². The summed E-state index contributed by atoms with van der Waals surface area (Å²) in [5.74, 6) is -2.78. The zero-order valence-corrected chi connectivity index (χ0v) is 31.1. The fourth-order valence-corrected chi connectivity index (χ4v) is 9.31. The number of hydrogen-bond donors (Lipinski definition) is 3. The summed E-state index contributed by atoms with van der Waals surface area (Å²) in [6.45, 7) is 3.44. The molecule has 1 aromatic heterocycles. The maximum absolute atomic E-state index is 13.6. The van der Waals surface area contributed by atoms with E-state index in [-0.39, 0.29) is 54.5 Å². The van der Waals surface area contributed by atoms with Gasteiger partial charge in [-0.2, -0.15) is 0 Å². The third kappa shape index (κ3) is 8.40. The first-order valence-corrected chi connectivity index (χ1v) is 18.9. The third-order valence-corrected chi connectivity index (χ3v) is 12.1. The number of thioether (sulfide) groups is 1. The Morgan fingerprint density at radius 1 is 1.04 bits per heavy atom. The van der Waals surface area contributed by atoms with E-state index in [0.717, 1.165) is 0 Å². The standard InChI is InChI=1S/C35H36N6O12S2/c1-18-29-28(19(2)42)32(43)39(29)30(33(44)45)31(18)55-24-13-26(38(14-24)35(47)53-16-21-5-9-23(10-6-21)41(50)51)25-17-54-27(37-25)11-12-36-34(46)52-15-20-3-7-22(8-4-20)40(48)49/h3-10,17-19,24,26,28-29,42H,11-16H2,1-2H3,(H,36,46)(H,44,45)/t18-,19-,24+,26+,28-,29-/m1/s1. The van der Waals surface area contributed by atoms with Crippen LogP contribution in [-0.2, 0) is 38.7 Å². The smallest absolute Gasteiger partial charge is 0.410 e. The number of rotatable bonds is 14. The van der Waals surface area contributed by atoms with Crippen molar-refractivity contribution in [1.82, 2.24) is 20.1 Å². The molecule has 55 heavy (non-hydrogen) atoms. The van der Waals surface area contributed by atoms with Crippen LogP contribution in [0.3, 0.4) is 0 Å². The molecule has 3 aliphatic heterocycles.